The Morgan fingerprint density at radius 3 is 2.75 bits per heavy atom. The van der Waals surface area contributed by atoms with E-state index < -0.39 is 29.1 Å². The molecule has 1 aliphatic rings. The molecule has 3 rings (SSSR count). The second-order valence-electron chi connectivity index (χ2n) is 7.69. The molecule has 0 fully saturated rings. The van der Waals surface area contributed by atoms with Gasteiger partial charge in [-0.1, -0.05) is 44.0 Å². The predicted molar refractivity (Wildman–Crippen MR) is 120 cm³/mol. The van der Waals surface area contributed by atoms with Crippen LogP contribution >= 0.6 is 0 Å². The van der Waals surface area contributed by atoms with E-state index >= 15 is 0 Å². The fourth-order valence-electron chi connectivity index (χ4n) is 3.55. The van der Waals surface area contributed by atoms with Crippen molar-refractivity contribution in [2.24, 2.45) is 5.16 Å². The Kier molecular flexibility index (Phi) is 7.45. The first-order chi connectivity index (χ1) is 15.4. The fraction of sp³-hybridized carbons (Fsp3) is 0.455. The minimum Gasteiger partial charge on any atom is -0.383 e. The van der Waals surface area contributed by atoms with Gasteiger partial charge in [-0.15, -0.1) is 0 Å². The number of aromatic nitrogens is 2. The summed E-state index contributed by atoms with van der Waals surface area (Å²) >= 11 is 0. The van der Waals surface area contributed by atoms with Crippen LogP contribution in [0, 0.1) is 5.82 Å². The van der Waals surface area contributed by atoms with Crippen molar-refractivity contribution in [3.8, 4) is 0 Å². The van der Waals surface area contributed by atoms with Crippen LogP contribution in [0.2, 0.25) is 0 Å². The van der Waals surface area contributed by atoms with Crippen molar-refractivity contribution in [2.75, 3.05) is 17.2 Å². The molecule has 172 valence electrons. The maximum absolute atomic E-state index is 13.6. The molecule has 0 saturated carbocycles. The lowest BCUT2D eigenvalue weighted by atomic mass is 10.0. The van der Waals surface area contributed by atoms with E-state index in [4.69, 9.17) is 10.6 Å². The van der Waals surface area contributed by atoms with Crippen molar-refractivity contribution in [1.82, 2.24) is 9.55 Å². The van der Waals surface area contributed by atoms with Crippen molar-refractivity contribution < 1.29 is 14.0 Å². The minimum atomic E-state index is -0.986. The third kappa shape index (κ3) is 4.90. The van der Waals surface area contributed by atoms with Crippen LogP contribution in [0.4, 0.5) is 15.9 Å². The van der Waals surface area contributed by atoms with E-state index in [1.807, 2.05) is 13.8 Å². The molecule has 10 heteroatoms. The van der Waals surface area contributed by atoms with E-state index in [0.29, 0.717) is 30.7 Å². The third-order valence-electron chi connectivity index (χ3n) is 5.32. The number of carbonyl (C=O) groups excluding carboxylic acids is 1. The molecule has 1 aromatic heterocycles. The predicted octanol–water partition coefficient (Wildman–Crippen LogP) is 2.38. The van der Waals surface area contributed by atoms with Crippen molar-refractivity contribution in [3.05, 3.63) is 56.5 Å². The summed E-state index contributed by atoms with van der Waals surface area (Å²) in [6.07, 6.45) is 2.04. The summed E-state index contributed by atoms with van der Waals surface area (Å²) in [5.74, 6) is -0.967. The van der Waals surface area contributed by atoms with Crippen LogP contribution in [0.1, 0.15) is 51.5 Å². The summed E-state index contributed by atoms with van der Waals surface area (Å²) in [6.45, 7) is 4.48. The maximum Gasteiger partial charge on any atom is 0.330 e. The van der Waals surface area contributed by atoms with Crippen LogP contribution in [0.5, 0.6) is 0 Å². The molecule has 2 aromatic rings. The van der Waals surface area contributed by atoms with Crippen molar-refractivity contribution >= 4 is 23.1 Å². The molecule has 1 atom stereocenters. The Morgan fingerprint density at radius 1 is 1.31 bits per heavy atom. The number of carbonyl (C=O) groups is 1. The molecule has 0 bridgehead atoms. The van der Waals surface area contributed by atoms with Gasteiger partial charge in [0.15, 0.2) is 5.69 Å². The zero-order valence-corrected chi connectivity index (χ0v) is 18.3. The van der Waals surface area contributed by atoms with E-state index in [1.54, 1.807) is 12.1 Å². The Bertz CT molecular complexity index is 1120. The lowest BCUT2D eigenvalue weighted by Crippen LogP contribution is -2.45. The van der Waals surface area contributed by atoms with Crippen LogP contribution in [0.3, 0.4) is 0 Å². The number of halogens is 1. The summed E-state index contributed by atoms with van der Waals surface area (Å²) in [7, 11) is 0. The van der Waals surface area contributed by atoms with Gasteiger partial charge in [0.05, 0.1) is 5.71 Å². The zero-order chi connectivity index (χ0) is 23.3. The number of aromatic amines is 1. The number of amides is 1. The van der Waals surface area contributed by atoms with Gasteiger partial charge in [-0.25, -0.2) is 9.18 Å². The molecule has 0 aliphatic carbocycles. The average Bonchev–Trinajstić information content (AvgIpc) is 3.25. The quantitative estimate of drug-likeness (QED) is 0.614. The first-order valence-electron chi connectivity index (χ1n) is 10.8. The first kappa shape index (κ1) is 23.2. The number of nitrogens with two attached hydrogens (primary N) is 1. The van der Waals surface area contributed by atoms with Crippen LogP contribution in [-0.2, 0) is 16.2 Å². The molecular weight excluding hydrogens is 417 g/mol. The van der Waals surface area contributed by atoms with Gasteiger partial charge in [0.2, 0.25) is 6.10 Å². The van der Waals surface area contributed by atoms with Gasteiger partial charge in [0.1, 0.15) is 11.6 Å². The summed E-state index contributed by atoms with van der Waals surface area (Å²) in [5.41, 5.74) is 5.76. The average molecular weight is 445 g/mol. The number of hydrogen-bond donors (Lipinski definition) is 2. The van der Waals surface area contributed by atoms with Crippen LogP contribution in [-0.4, -0.2) is 33.8 Å². The van der Waals surface area contributed by atoms with Gasteiger partial charge < -0.3 is 15.5 Å². The highest BCUT2D eigenvalue weighted by Gasteiger charge is 2.35. The molecule has 0 saturated heterocycles. The van der Waals surface area contributed by atoms with Crippen LogP contribution < -0.4 is 21.9 Å². The Labute approximate surface area is 184 Å². The normalized spacial score (nSPS) is 15.3. The first-order valence-corrected chi connectivity index (χ1v) is 10.8. The van der Waals surface area contributed by atoms with Gasteiger partial charge in [-0.05, 0) is 25.0 Å². The molecule has 9 nitrogen and oxygen atoms in total. The number of rotatable bonds is 9. The monoisotopic (exact) mass is 445 g/mol. The standard InChI is InChI=1S/C22H28FN5O4/c1-3-5-10-27(18-19(24)28(11-6-4-2)22(31)25-20(18)29)21(30)17-13-16(26-32-17)14-8-7-9-15(23)12-14/h7-9,12,17H,3-6,10-11,13,24H2,1-2H3,(H,25,29,31). The van der Waals surface area contributed by atoms with Crippen molar-refractivity contribution in [3.63, 3.8) is 0 Å². The number of nitrogen functional groups attached to an aromatic ring is 1. The summed E-state index contributed by atoms with van der Waals surface area (Å²) < 4.78 is 14.8. The van der Waals surface area contributed by atoms with Gasteiger partial charge in [0, 0.05) is 25.1 Å². The number of benzene rings is 1. The van der Waals surface area contributed by atoms with Crippen LogP contribution in [0.15, 0.2) is 39.0 Å². The molecule has 1 unspecified atom stereocenters. The van der Waals surface area contributed by atoms with Gasteiger partial charge >= 0.3 is 5.69 Å². The lowest BCUT2D eigenvalue weighted by molar-refractivity contribution is -0.128. The second kappa shape index (κ2) is 10.3. The van der Waals surface area contributed by atoms with Gasteiger partial charge in [-0.2, -0.15) is 0 Å². The Hall–Kier alpha value is -3.43. The number of hydrogen-bond acceptors (Lipinski definition) is 6. The summed E-state index contributed by atoms with van der Waals surface area (Å²) in [5, 5.41) is 3.95. The molecule has 1 amide bonds. The maximum atomic E-state index is 13.6. The van der Waals surface area contributed by atoms with Crippen molar-refractivity contribution in [1.29, 1.82) is 0 Å². The molecule has 1 aromatic carbocycles. The number of nitrogens with one attached hydrogen (secondary N) is 1. The minimum absolute atomic E-state index is 0.0547. The summed E-state index contributed by atoms with van der Waals surface area (Å²) in [4.78, 5) is 47.2. The number of unbranched alkanes of at least 4 members (excludes halogenated alkanes) is 2. The number of nitrogens with zero attached hydrogens (tertiary/aromatic N) is 3. The second-order valence-corrected chi connectivity index (χ2v) is 7.69. The van der Waals surface area contributed by atoms with Crippen molar-refractivity contribution in [2.45, 2.75) is 58.6 Å². The molecule has 0 spiro atoms. The number of H-pyrrole nitrogens is 1. The van der Waals surface area contributed by atoms with E-state index in [-0.39, 0.29) is 24.5 Å². The van der Waals surface area contributed by atoms with E-state index in [1.165, 1.54) is 21.6 Å². The highest BCUT2D eigenvalue weighted by molar-refractivity contribution is 6.07. The molecule has 3 N–H and O–H groups in total. The SMILES string of the molecule is CCCCN(C(=O)C1CC(c2cccc(F)c2)=NO1)c1c(N)n(CCCC)c(=O)[nH]c1=O. The zero-order valence-electron chi connectivity index (χ0n) is 18.3. The molecule has 32 heavy (non-hydrogen) atoms. The molecule has 2 heterocycles. The Balaban J connectivity index is 1.91. The van der Waals surface area contributed by atoms with E-state index in [2.05, 4.69) is 10.1 Å². The smallest absolute Gasteiger partial charge is 0.330 e. The highest BCUT2D eigenvalue weighted by atomic mass is 19.1. The van der Waals surface area contributed by atoms with Gasteiger partial charge in [0.25, 0.3) is 11.5 Å². The van der Waals surface area contributed by atoms with E-state index in [0.717, 1.165) is 12.8 Å². The molecular formula is C22H28FN5O4. The highest BCUT2D eigenvalue weighted by Crippen LogP contribution is 2.24. The molecule has 1 aliphatic heterocycles. The van der Waals surface area contributed by atoms with Crippen LogP contribution in [0.25, 0.3) is 0 Å². The lowest BCUT2D eigenvalue weighted by Gasteiger charge is -2.26. The summed E-state index contributed by atoms with van der Waals surface area (Å²) in [6, 6.07) is 5.86. The topological polar surface area (TPSA) is 123 Å². The third-order valence-corrected chi connectivity index (χ3v) is 5.32. The molecule has 0 radical (unpaired) electrons. The van der Waals surface area contributed by atoms with E-state index in [9.17, 15) is 18.8 Å². The number of anilines is 2. The largest absolute Gasteiger partial charge is 0.383 e. The van der Waals surface area contributed by atoms with Gasteiger partial charge in [-0.3, -0.25) is 19.1 Å². The Morgan fingerprint density at radius 2 is 2.06 bits per heavy atom. The number of oxime groups is 1. The fourth-order valence-corrected chi connectivity index (χ4v) is 3.55.